The molecule has 1 atom stereocenters. The second-order valence-electron chi connectivity index (χ2n) is 7.61. The molecule has 0 radical (unpaired) electrons. The third kappa shape index (κ3) is 4.71. The van der Waals surface area contributed by atoms with Crippen molar-refractivity contribution in [3.63, 3.8) is 0 Å². The zero-order valence-electron chi connectivity index (χ0n) is 17.5. The van der Waals surface area contributed by atoms with Crippen molar-refractivity contribution in [3.05, 3.63) is 80.1 Å². The number of benzene rings is 2. The zero-order valence-corrected chi connectivity index (χ0v) is 19.1. The number of thioether (sulfide) groups is 1. The van der Waals surface area contributed by atoms with E-state index in [0.717, 1.165) is 5.56 Å². The Morgan fingerprint density at radius 2 is 1.94 bits per heavy atom. The number of fused-ring (bicyclic) bond motifs is 1. The third-order valence-electron chi connectivity index (χ3n) is 5.27. The van der Waals surface area contributed by atoms with E-state index in [1.807, 2.05) is 31.2 Å². The van der Waals surface area contributed by atoms with Crippen molar-refractivity contribution in [2.75, 3.05) is 10.6 Å². The minimum atomic E-state index is -0.954. The van der Waals surface area contributed by atoms with Crippen LogP contribution < -0.4 is 16.2 Å². The van der Waals surface area contributed by atoms with Gasteiger partial charge in [-0.2, -0.15) is 0 Å². The molecule has 1 aliphatic rings. The highest BCUT2D eigenvalue weighted by atomic mass is 35.5. The summed E-state index contributed by atoms with van der Waals surface area (Å²) in [7, 11) is 0. The Kier molecular flexibility index (Phi) is 6.34. The first-order valence-corrected chi connectivity index (χ1v) is 11.4. The van der Waals surface area contributed by atoms with Crippen LogP contribution >= 0.6 is 23.4 Å². The summed E-state index contributed by atoms with van der Waals surface area (Å²) >= 11 is 7.48. The maximum Gasteiger partial charge on any atom is 0.257 e. The number of carbonyl (C=O) groups is 2. The van der Waals surface area contributed by atoms with Crippen LogP contribution in [0.15, 0.2) is 52.4 Å². The number of anilines is 2. The molecule has 0 spiro atoms. The third-order valence-corrected chi connectivity index (χ3v) is 6.62. The molecule has 2 amide bonds. The summed E-state index contributed by atoms with van der Waals surface area (Å²) in [6.45, 7) is 3.80. The number of rotatable bonds is 5. The molecule has 1 aromatic heterocycles. The van der Waals surface area contributed by atoms with Crippen LogP contribution in [0.2, 0.25) is 5.02 Å². The molecule has 0 fully saturated rings. The van der Waals surface area contributed by atoms with Crippen LogP contribution in [0, 0.1) is 13.8 Å². The Morgan fingerprint density at radius 1 is 1.19 bits per heavy atom. The smallest absolute Gasteiger partial charge is 0.257 e. The molecule has 7 nitrogen and oxygen atoms in total. The molecule has 0 unspecified atom stereocenters. The van der Waals surface area contributed by atoms with Crippen LogP contribution in [0.3, 0.4) is 0 Å². The molecule has 2 heterocycles. The van der Waals surface area contributed by atoms with Crippen LogP contribution in [0.1, 0.15) is 34.6 Å². The Balaban J connectivity index is 1.58. The first-order chi connectivity index (χ1) is 15.3. The van der Waals surface area contributed by atoms with Gasteiger partial charge in [-0.15, -0.1) is 0 Å². The summed E-state index contributed by atoms with van der Waals surface area (Å²) in [4.78, 5) is 45.3. The van der Waals surface area contributed by atoms with Gasteiger partial charge < -0.3 is 15.6 Å². The highest BCUT2D eigenvalue weighted by molar-refractivity contribution is 7.98. The number of carbonyl (C=O) groups excluding carboxylic acids is 2. The molecule has 0 aliphatic carbocycles. The largest absolute Gasteiger partial charge is 0.325 e. The number of H-pyrrole nitrogens is 1. The fourth-order valence-corrected chi connectivity index (χ4v) is 4.43. The van der Waals surface area contributed by atoms with Gasteiger partial charge in [0.1, 0.15) is 5.82 Å². The number of aromatic nitrogens is 2. The summed E-state index contributed by atoms with van der Waals surface area (Å²) in [5, 5.41) is 6.31. The molecule has 32 heavy (non-hydrogen) atoms. The molecule has 2 aromatic carbocycles. The van der Waals surface area contributed by atoms with Gasteiger partial charge in [0, 0.05) is 22.9 Å². The van der Waals surface area contributed by atoms with Crippen LogP contribution in [0.5, 0.6) is 0 Å². The predicted molar refractivity (Wildman–Crippen MR) is 126 cm³/mol. The fourth-order valence-electron chi connectivity index (χ4n) is 3.44. The standard InChI is InChI=1S/C23H21ClN4O3S/c1-12-6-8-14(9-7-12)11-32-23-27-20-19(22(31)28-23)15(10-18(29)26-20)21(30)25-17-5-3-4-16(24)13(17)2/h3-9,15H,10-11H2,1-2H3,(H,25,30)(H2,26,27,28,29,31)/t15-/m1/s1. The van der Waals surface area contributed by atoms with Crippen molar-refractivity contribution in [2.24, 2.45) is 0 Å². The molecule has 1 aliphatic heterocycles. The molecule has 4 rings (SSSR count). The van der Waals surface area contributed by atoms with Gasteiger partial charge in [-0.05, 0) is 37.1 Å². The lowest BCUT2D eigenvalue weighted by Crippen LogP contribution is -2.36. The summed E-state index contributed by atoms with van der Waals surface area (Å²) in [5.74, 6) is -1.05. The second-order valence-corrected chi connectivity index (χ2v) is 8.99. The van der Waals surface area contributed by atoms with Crippen LogP contribution in [-0.2, 0) is 15.3 Å². The van der Waals surface area contributed by atoms with E-state index < -0.39 is 17.4 Å². The highest BCUT2D eigenvalue weighted by Gasteiger charge is 2.35. The van der Waals surface area contributed by atoms with Crippen molar-refractivity contribution < 1.29 is 9.59 Å². The average molecular weight is 469 g/mol. The summed E-state index contributed by atoms with van der Waals surface area (Å²) < 4.78 is 0. The van der Waals surface area contributed by atoms with E-state index in [2.05, 4.69) is 20.6 Å². The van der Waals surface area contributed by atoms with Gasteiger partial charge in [0.2, 0.25) is 11.8 Å². The maximum atomic E-state index is 13.0. The molecule has 9 heteroatoms. The number of hydrogen-bond donors (Lipinski definition) is 3. The number of nitrogens with one attached hydrogen (secondary N) is 3. The Bertz CT molecular complexity index is 1260. The Labute approximate surface area is 194 Å². The molecule has 164 valence electrons. The first-order valence-electron chi connectivity index (χ1n) is 10.00. The summed E-state index contributed by atoms with van der Waals surface area (Å²) in [6.07, 6.45) is -0.140. The lowest BCUT2D eigenvalue weighted by Gasteiger charge is -2.24. The lowest BCUT2D eigenvalue weighted by atomic mass is 9.92. The van der Waals surface area contributed by atoms with Crippen molar-refractivity contribution in [1.29, 1.82) is 0 Å². The fraction of sp³-hybridized carbons (Fsp3) is 0.217. The maximum absolute atomic E-state index is 13.0. The van der Waals surface area contributed by atoms with Crippen LogP contribution in [-0.4, -0.2) is 21.8 Å². The van der Waals surface area contributed by atoms with Gasteiger partial charge in [0.05, 0.1) is 11.5 Å². The molecule has 3 N–H and O–H groups in total. The van der Waals surface area contributed by atoms with E-state index in [1.165, 1.54) is 17.3 Å². The lowest BCUT2D eigenvalue weighted by molar-refractivity contribution is -0.123. The monoisotopic (exact) mass is 468 g/mol. The van der Waals surface area contributed by atoms with Gasteiger partial charge in [-0.3, -0.25) is 14.4 Å². The molecule has 0 bridgehead atoms. The predicted octanol–water partition coefficient (Wildman–Crippen LogP) is 4.40. The van der Waals surface area contributed by atoms with Crippen LogP contribution in [0.4, 0.5) is 11.5 Å². The van der Waals surface area contributed by atoms with E-state index in [0.29, 0.717) is 27.2 Å². The van der Waals surface area contributed by atoms with Gasteiger partial charge in [-0.25, -0.2) is 4.98 Å². The number of hydrogen-bond acceptors (Lipinski definition) is 5. The molecule has 0 saturated heterocycles. The molecule has 3 aromatic rings. The van der Waals surface area contributed by atoms with Crippen molar-refractivity contribution in [1.82, 2.24) is 9.97 Å². The SMILES string of the molecule is Cc1ccc(CSc2nc3c(c(=O)[nH]2)[C@H](C(=O)Nc2cccc(Cl)c2C)CC(=O)N3)cc1. The molecular formula is C23H21ClN4O3S. The summed E-state index contributed by atoms with van der Waals surface area (Å²) in [6, 6.07) is 13.2. The zero-order chi connectivity index (χ0) is 22.8. The minimum absolute atomic E-state index is 0.124. The Hall–Kier alpha value is -3.10. The topological polar surface area (TPSA) is 104 Å². The Morgan fingerprint density at radius 3 is 2.69 bits per heavy atom. The number of aromatic amines is 1. The number of nitrogens with zero attached hydrogens (tertiary/aromatic N) is 1. The quantitative estimate of drug-likeness (QED) is 0.380. The van der Waals surface area contributed by atoms with Gasteiger partial charge in [0.25, 0.3) is 5.56 Å². The van der Waals surface area contributed by atoms with E-state index in [1.54, 1.807) is 25.1 Å². The number of amides is 2. The molecule has 0 saturated carbocycles. The van der Waals surface area contributed by atoms with E-state index in [-0.39, 0.29) is 23.7 Å². The number of aryl methyl sites for hydroxylation is 1. The van der Waals surface area contributed by atoms with Gasteiger partial charge in [0.15, 0.2) is 5.16 Å². The van der Waals surface area contributed by atoms with Crippen molar-refractivity contribution in [3.8, 4) is 0 Å². The second kappa shape index (κ2) is 9.18. The highest BCUT2D eigenvalue weighted by Crippen LogP contribution is 2.32. The van der Waals surface area contributed by atoms with E-state index in [9.17, 15) is 14.4 Å². The van der Waals surface area contributed by atoms with Gasteiger partial charge in [-0.1, -0.05) is 59.3 Å². The molecular weight excluding hydrogens is 448 g/mol. The van der Waals surface area contributed by atoms with Gasteiger partial charge >= 0.3 is 0 Å². The number of halogens is 1. The van der Waals surface area contributed by atoms with E-state index in [4.69, 9.17) is 11.6 Å². The van der Waals surface area contributed by atoms with Crippen LogP contribution in [0.25, 0.3) is 0 Å². The minimum Gasteiger partial charge on any atom is -0.325 e. The van der Waals surface area contributed by atoms with Crippen molar-refractivity contribution in [2.45, 2.75) is 37.1 Å². The normalized spacial score (nSPS) is 15.1. The summed E-state index contributed by atoms with van der Waals surface area (Å²) in [5.41, 5.74) is 3.20. The average Bonchev–Trinajstić information content (AvgIpc) is 2.75. The van der Waals surface area contributed by atoms with E-state index >= 15 is 0 Å². The first kappa shape index (κ1) is 22.1. The van der Waals surface area contributed by atoms with Crippen molar-refractivity contribution >= 4 is 46.7 Å².